The zero-order valence-corrected chi connectivity index (χ0v) is 19.4. The minimum Gasteiger partial charge on any atom is -0.395 e. The molecule has 164 valence electrons. The number of benzene rings is 3. The van der Waals surface area contributed by atoms with Crippen molar-refractivity contribution in [3.8, 4) is 0 Å². The van der Waals surface area contributed by atoms with E-state index in [9.17, 15) is 5.11 Å². The summed E-state index contributed by atoms with van der Waals surface area (Å²) in [5.74, 6) is 2.03. The summed E-state index contributed by atoms with van der Waals surface area (Å²) in [6.07, 6.45) is 5.11. The van der Waals surface area contributed by atoms with Gasteiger partial charge in [-0.1, -0.05) is 117 Å². The van der Waals surface area contributed by atoms with Gasteiger partial charge in [-0.3, -0.25) is 5.32 Å². The van der Waals surface area contributed by atoms with E-state index in [0.29, 0.717) is 0 Å². The van der Waals surface area contributed by atoms with Gasteiger partial charge in [-0.05, 0) is 28.9 Å². The van der Waals surface area contributed by atoms with Crippen molar-refractivity contribution >= 4 is 11.8 Å². The molecule has 3 rings (SSSR count). The van der Waals surface area contributed by atoms with Gasteiger partial charge in [-0.15, -0.1) is 0 Å². The fourth-order valence-electron chi connectivity index (χ4n) is 4.12. The zero-order chi connectivity index (χ0) is 21.8. The van der Waals surface area contributed by atoms with Gasteiger partial charge in [0.05, 0.1) is 12.1 Å². The van der Waals surface area contributed by atoms with E-state index < -0.39 is 5.54 Å². The maximum atomic E-state index is 10.3. The fourth-order valence-corrected chi connectivity index (χ4v) is 5.17. The molecule has 0 spiro atoms. The number of aliphatic hydroxyl groups is 1. The molecule has 0 aliphatic carbocycles. The van der Waals surface area contributed by atoms with Gasteiger partial charge in [0.25, 0.3) is 0 Å². The molecule has 0 fully saturated rings. The van der Waals surface area contributed by atoms with Crippen LogP contribution in [0.3, 0.4) is 0 Å². The molecule has 0 amide bonds. The Hall–Kier alpha value is -2.07. The topological polar surface area (TPSA) is 32.3 Å². The molecule has 3 heteroatoms. The minimum absolute atomic E-state index is 0.0169. The largest absolute Gasteiger partial charge is 0.395 e. The molecule has 0 saturated heterocycles. The molecule has 0 heterocycles. The summed E-state index contributed by atoms with van der Waals surface area (Å²) in [7, 11) is 0. The maximum Gasteiger partial charge on any atom is 0.0951 e. The van der Waals surface area contributed by atoms with Gasteiger partial charge < -0.3 is 5.11 Å². The molecule has 31 heavy (non-hydrogen) atoms. The number of hydrogen-bond acceptors (Lipinski definition) is 3. The Balaban J connectivity index is 1.93. The van der Waals surface area contributed by atoms with Crippen molar-refractivity contribution in [1.29, 1.82) is 0 Å². The third kappa shape index (κ3) is 6.22. The summed E-state index contributed by atoms with van der Waals surface area (Å²) >= 11 is 1.94. The standard InChI is InChI=1S/C28H35NOS/c1-2-3-4-14-21-31-23-27(22-30)29-28(24-15-8-5-9-16-24,25-17-10-6-11-18-25)26-19-12-7-13-20-26/h5-13,15-20,27,29-30H,2-4,14,21-23H2,1H3/t27-/m0/s1. The van der Waals surface area contributed by atoms with Gasteiger partial charge in [0.1, 0.15) is 0 Å². The highest BCUT2D eigenvalue weighted by atomic mass is 32.2. The average Bonchev–Trinajstić information content (AvgIpc) is 2.85. The Morgan fingerprint density at radius 3 is 1.65 bits per heavy atom. The molecule has 1 atom stereocenters. The van der Waals surface area contributed by atoms with Crippen molar-refractivity contribution in [2.24, 2.45) is 0 Å². The predicted octanol–water partition coefficient (Wildman–Crippen LogP) is 6.24. The van der Waals surface area contributed by atoms with E-state index in [4.69, 9.17) is 0 Å². The molecular formula is C28H35NOS. The Morgan fingerprint density at radius 1 is 0.742 bits per heavy atom. The first-order chi connectivity index (χ1) is 15.3. The number of rotatable bonds is 13. The summed E-state index contributed by atoms with van der Waals surface area (Å²) in [5, 5.41) is 14.2. The van der Waals surface area contributed by atoms with E-state index in [2.05, 4.69) is 103 Å². The lowest BCUT2D eigenvalue weighted by molar-refractivity contribution is 0.234. The second kappa shape index (κ2) is 12.7. The van der Waals surface area contributed by atoms with Crippen LogP contribution >= 0.6 is 11.8 Å². The second-order valence-corrected chi connectivity index (χ2v) is 9.16. The molecule has 0 aliphatic heterocycles. The lowest BCUT2D eigenvalue weighted by Gasteiger charge is -2.40. The summed E-state index contributed by atoms with van der Waals surface area (Å²) in [5.41, 5.74) is 3.01. The summed E-state index contributed by atoms with van der Waals surface area (Å²) in [6, 6.07) is 31.8. The third-order valence-corrected chi connectivity index (χ3v) is 6.94. The van der Waals surface area contributed by atoms with Crippen LogP contribution < -0.4 is 5.32 Å². The molecule has 0 radical (unpaired) electrons. The van der Waals surface area contributed by atoms with Gasteiger partial charge in [0, 0.05) is 11.8 Å². The molecular weight excluding hydrogens is 398 g/mol. The van der Waals surface area contributed by atoms with Crippen molar-refractivity contribution in [1.82, 2.24) is 5.32 Å². The maximum absolute atomic E-state index is 10.3. The van der Waals surface area contributed by atoms with Crippen LogP contribution in [0.1, 0.15) is 49.3 Å². The molecule has 2 N–H and O–H groups in total. The SMILES string of the molecule is CCCCCCSC[C@H](CO)NC(c1ccccc1)(c1ccccc1)c1ccccc1. The van der Waals surface area contributed by atoms with Crippen LogP contribution in [0.25, 0.3) is 0 Å². The highest BCUT2D eigenvalue weighted by Crippen LogP contribution is 2.37. The van der Waals surface area contributed by atoms with Crippen LogP contribution in [0.2, 0.25) is 0 Å². The predicted molar refractivity (Wildman–Crippen MR) is 135 cm³/mol. The van der Waals surface area contributed by atoms with Crippen molar-refractivity contribution < 1.29 is 5.11 Å². The van der Waals surface area contributed by atoms with E-state index >= 15 is 0 Å². The molecule has 0 aromatic heterocycles. The summed E-state index contributed by atoms with van der Waals surface area (Å²) in [4.78, 5) is 0. The zero-order valence-electron chi connectivity index (χ0n) is 18.5. The Morgan fingerprint density at radius 2 is 1.23 bits per heavy atom. The van der Waals surface area contributed by atoms with E-state index in [-0.39, 0.29) is 12.6 Å². The molecule has 0 saturated carbocycles. The van der Waals surface area contributed by atoms with Crippen LogP contribution in [0, 0.1) is 0 Å². The van der Waals surface area contributed by atoms with Crippen LogP contribution in [0.4, 0.5) is 0 Å². The number of aliphatic hydroxyl groups excluding tert-OH is 1. The van der Waals surface area contributed by atoms with E-state index in [0.717, 1.165) is 11.5 Å². The van der Waals surface area contributed by atoms with Gasteiger partial charge in [0.15, 0.2) is 0 Å². The quantitative estimate of drug-likeness (QED) is 0.247. The first-order valence-electron chi connectivity index (χ1n) is 11.4. The highest BCUT2D eigenvalue weighted by Gasteiger charge is 2.37. The van der Waals surface area contributed by atoms with Gasteiger partial charge in [-0.25, -0.2) is 0 Å². The van der Waals surface area contributed by atoms with Crippen molar-refractivity contribution in [3.63, 3.8) is 0 Å². The Bertz CT molecular complexity index is 757. The van der Waals surface area contributed by atoms with Gasteiger partial charge >= 0.3 is 0 Å². The normalized spacial score (nSPS) is 12.6. The van der Waals surface area contributed by atoms with Crippen molar-refractivity contribution in [3.05, 3.63) is 108 Å². The third-order valence-electron chi connectivity index (χ3n) is 5.72. The molecule has 3 aromatic rings. The lowest BCUT2D eigenvalue weighted by Crippen LogP contribution is -2.52. The number of unbranched alkanes of at least 4 members (excludes halogenated alkanes) is 3. The average molecular weight is 434 g/mol. The molecule has 0 bridgehead atoms. The molecule has 0 unspecified atom stereocenters. The Labute approximate surface area is 192 Å². The second-order valence-electron chi connectivity index (χ2n) is 8.01. The number of thioether (sulfide) groups is 1. The number of nitrogens with one attached hydrogen (secondary N) is 1. The van der Waals surface area contributed by atoms with Crippen LogP contribution in [0.15, 0.2) is 91.0 Å². The van der Waals surface area contributed by atoms with Gasteiger partial charge in [-0.2, -0.15) is 11.8 Å². The first-order valence-corrected chi connectivity index (χ1v) is 12.6. The summed E-state index contributed by atoms with van der Waals surface area (Å²) < 4.78 is 0. The Kier molecular flexibility index (Phi) is 9.67. The number of hydrogen-bond donors (Lipinski definition) is 2. The van der Waals surface area contributed by atoms with E-state index in [1.165, 1.54) is 42.4 Å². The van der Waals surface area contributed by atoms with E-state index in [1.807, 2.05) is 11.8 Å². The van der Waals surface area contributed by atoms with Crippen LogP contribution in [-0.2, 0) is 5.54 Å². The molecule has 2 nitrogen and oxygen atoms in total. The minimum atomic E-state index is -0.528. The first kappa shape index (κ1) is 23.6. The smallest absolute Gasteiger partial charge is 0.0951 e. The molecule has 0 aliphatic rings. The van der Waals surface area contributed by atoms with Gasteiger partial charge in [0.2, 0.25) is 0 Å². The monoisotopic (exact) mass is 433 g/mol. The van der Waals surface area contributed by atoms with Crippen LogP contribution in [-0.4, -0.2) is 29.3 Å². The summed E-state index contributed by atoms with van der Waals surface area (Å²) in [6.45, 7) is 2.35. The highest BCUT2D eigenvalue weighted by molar-refractivity contribution is 7.99. The van der Waals surface area contributed by atoms with Crippen molar-refractivity contribution in [2.45, 2.75) is 44.2 Å². The fraction of sp³-hybridized carbons (Fsp3) is 0.357. The lowest BCUT2D eigenvalue weighted by atomic mass is 9.76. The van der Waals surface area contributed by atoms with Crippen molar-refractivity contribution in [2.75, 3.05) is 18.1 Å². The van der Waals surface area contributed by atoms with E-state index in [1.54, 1.807) is 0 Å². The van der Waals surface area contributed by atoms with Crippen LogP contribution in [0.5, 0.6) is 0 Å². The molecule has 3 aromatic carbocycles.